The molecule has 36 heavy (non-hydrogen) atoms. The lowest BCUT2D eigenvalue weighted by molar-refractivity contribution is -0.384. The van der Waals surface area contributed by atoms with Gasteiger partial charge in [-0.3, -0.25) is 29.4 Å². The van der Waals surface area contributed by atoms with Crippen LogP contribution in [0, 0.1) is 22.0 Å². The second-order valence-electron chi connectivity index (χ2n) is 8.74. The summed E-state index contributed by atoms with van der Waals surface area (Å²) < 4.78 is 39.6. The van der Waals surface area contributed by atoms with Gasteiger partial charge in [-0.1, -0.05) is 25.0 Å². The van der Waals surface area contributed by atoms with E-state index < -0.39 is 33.9 Å². The van der Waals surface area contributed by atoms with Crippen molar-refractivity contribution in [2.24, 2.45) is 11.8 Å². The van der Waals surface area contributed by atoms with E-state index >= 15 is 0 Å². The van der Waals surface area contributed by atoms with Crippen molar-refractivity contribution < 1.29 is 32.5 Å². The molecule has 0 radical (unpaired) electrons. The first-order valence-electron chi connectivity index (χ1n) is 11.4. The molecule has 2 aliphatic rings. The highest BCUT2D eigenvalue weighted by molar-refractivity contribution is 6.06. The smallest absolute Gasteiger partial charge is 0.378 e. The third-order valence-corrected chi connectivity index (χ3v) is 6.52. The number of carbonyl (C=O) groups excluding carboxylic acids is 3. The van der Waals surface area contributed by atoms with Crippen molar-refractivity contribution in [1.29, 1.82) is 0 Å². The maximum absolute atomic E-state index is 13.2. The Hall–Kier alpha value is -3.96. The van der Waals surface area contributed by atoms with E-state index in [9.17, 15) is 37.7 Å². The van der Waals surface area contributed by atoms with Gasteiger partial charge in [-0.25, -0.2) is 0 Å². The number of benzene rings is 2. The van der Waals surface area contributed by atoms with Crippen molar-refractivity contribution in [3.63, 3.8) is 0 Å². The zero-order valence-electron chi connectivity index (χ0n) is 19.0. The molecule has 2 fully saturated rings. The predicted octanol–water partition coefficient (Wildman–Crippen LogP) is 4.45. The van der Waals surface area contributed by atoms with E-state index in [-0.39, 0.29) is 48.0 Å². The van der Waals surface area contributed by atoms with Gasteiger partial charge < -0.3 is 10.6 Å². The topological polar surface area (TPSA) is 122 Å². The number of alkyl halides is 3. The van der Waals surface area contributed by atoms with E-state index in [1.165, 1.54) is 29.2 Å². The number of hydrogen-bond acceptors (Lipinski definition) is 6. The molecule has 0 bridgehead atoms. The number of carbonyl (C=O) groups is 3. The largest absolute Gasteiger partial charge is 0.418 e. The normalized spacial score (nSPS) is 19.7. The zero-order valence-corrected chi connectivity index (χ0v) is 19.0. The van der Waals surface area contributed by atoms with Crippen LogP contribution in [0.1, 0.15) is 41.6 Å². The molecule has 190 valence electrons. The molecule has 2 aromatic rings. The lowest BCUT2D eigenvalue weighted by atomic mass is 9.81. The number of nitrogens with one attached hydrogen (secondary N) is 2. The zero-order chi connectivity index (χ0) is 26.0. The van der Waals surface area contributed by atoms with Crippen LogP contribution in [0.2, 0.25) is 0 Å². The van der Waals surface area contributed by atoms with Gasteiger partial charge in [0, 0.05) is 24.7 Å². The summed E-state index contributed by atoms with van der Waals surface area (Å²) in [6.45, 7) is 0.0978. The minimum atomic E-state index is -4.69. The summed E-state index contributed by atoms with van der Waals surface area (Å²) in [5, 5.41) is 16.6. The van der Waals surface area contributed by atoms with E-state index in [4.69, 9.17) is 0 Å². The average Bonchev–Trinajstić information content (AvgIpc) is 3.08. The van der Waals surface area contributed by atoms with Gasteiger partial charge in [0.15, 0.2) is 0 Å². The van der Waals surface area contributed by atoms with E-state index in [2.05, 4.69) is 10.6 Å². The Kier molecular flexibility index (Phi) is 6.95. The first kappa shape index (κ1) is 25.1. The fourth-order valence-electron chi connectivity index (χ4n) is 4.76. The molecular weight excluding hydrogens is 481 g/mol. The van der Waals surface area contributed by atoms with Crippen LogP contribution in [0.5, 0.6) is 0 Å². The summed E-state index contributed by atoms with van der Waals surface area (Å²) in [5.74, 6) is -1.96. The second kappa shape index (κ2) is 9.96. The Morgan fingerprint density at radius 3 is 2.28 bits per heavy atom. The standard InChI is InChI=1S/C24H23F3N4O5/c25-24(26,27)17-7-3-4-8-18(17)29-21(32)14-9-10-19(20(13-14)31(35)36)28-11-12-30-22(33)15-5-1-2-6-16(15)23(30)34/h3-4,7-10,13,15-16,28H,1-2,5-6,11-12H2,(H,29,32)/t15-,16+. The number of anilines is 2. The molecule has 2 N–H and O–H groups in total. The molecule has 2 atom stereocenters. The summed E-state index contributed by atoms with van der Waals surface area (Å²) >= 11 is 0. The SMILES string of the molecule is O=C(Nc1ccccc1C(F)(F)F)c1ccc(NCCN2C(=O)[C@H]3CCCC[C@H]3C2=O)c([N+](=O)[O-])c1. The molecule has 4 rings (SSSR count). The van der Waals surface area contributed by atoms with E-state index in [1.807, 2.05) is 0 Å². The monoisotopic (exact) mass is 504 g/mol. The average molecular weight is 504 g/mol. The van der Waals surface area contributed by atoms with Crippen molar-refractivity contribution in [3.8, 4) is 0 Å². The molecule has 1 aliphatic heterocycles. The number of nitro groups is 1. The van der Waals surface area contributed by atoms with Gasteiger partial charge in [0.25, 0.3) is 11.6 Å². The molecule has 1 saturated heterocycles. The number of likely N-dealkylation sites (tertiary alicyclic amines) is 1. The van der Waals surface area contributed by atoms with Gasteiger partial charge >= 0.3 is 6.18 Å². The maximum Gasteiger partial charge on any atom is 0.418 e. The third kappa shape index (κ3) is 5.02. The molecule has 3 amide bonds. The van der Waals surface area contributed by atoms with Crippen LogP contribution in [-0.2, 0) is 15.8 Å². The third-order valence-electron chi connectivity index (χ3n) is 6.52. The van der Waals surface area contributed by atoms with Crippen LogP contribution >= 0.6 is 0 Å². The van der Waals surface area contributed by atoms with Crippen LogP contribution < -0.4 is 10.6 Å². The number of nitrogens with zero attached hydrogens (tertiary/aromatic N) is 2. The summed E-state index contributed by atoms with van der Waals surface area (Å²) in [6.07, 6.45) is -1.52. The van der Waals surface area contributed by atoms with Gasteiger partial charge in [-0.05, 0) is 37.1 Å². The van der Waals surface area contributed by atoms with E-state index in [1.54, 1.807) is 0 Å². The molecular formula is C24H23F3N4O5. The minimum absolute atomic E-state index is 0.0400. The summed E-state index contributed by atoms with van der Waals surface area (Å²) in [7, 11) is 0. The molecule has 1 saturated carbocycles. The van der Waals surface area contributed by atoms with Gasteiger partial charge in [0.2, 0.25) is 11.8 Å². The highest BCUT2D eigenvalue weighted by Crippen LogP contribution is 2.38. The number of halogens is 3. The van der Waals surface area contributed by atoms with E-state index in [0.717, 1.165) is 31.0 Å². The van der Waals surface area contributed by atoms with Crippen molar-refractivity contribution in [2.75, 3.05) is 23.7 Å². The summed E-state index contributed by atoms with van der Waals surface area (Å²) in [4.78, 5) is 49.8. The fraction of sp³-hybridized carbons (Fsp3) is 0.375. The number of para-hydroxylation sites is 1. The summed E-state index contributed by atoms with van der Waals surface area (Å²) in [6, 6.07) is 7.86. The Balaban J connectivity index is 1.45. The van der Waals surface area contributed by atoms with Crippen molar-refractivity contribution in [2.45, 2.75) is 31.9 Å². The molecule has 12 heteroatoms. The lowest BCUT2D eigenvalue weighted by Gasteiger charge is -2.19. The quantitative estimate of drug-likeness (QED) is 0.326. The Bertz CT molecular complexity index is 1190. The second-order valence-corrected chi connectivity index (χ2v) is 8.74. The van der Waals surface area contributed by atoms with Crippen molar-refractivity contribution >= 4 is 34.8 Å². The molecule has 9 nitrogen and oxygen atoms in total. The van der Waals surface area contributed by atoms with Gasteiger partial charge in [0.1, 0.15) is 5.69 Å². The highest BCUT2D eigenvalue weighted by atomic mass is 19.4. The van der Waals surface area contributed by atoms with Gasteiger partial charge in [-0.2, -0.15) is 13.2 Å². The highest BCUT2D eigenvalue weighted by Gasteiger charge is 2.47. The number of amides is 3. The van der Waals surface area contributed by atoms with Crippen LogP contribution in [0.3, 0.4) is 0 Å². The number of fused-ring (bicyclic) bond motifs is 1. The molecule has 2 aromatic carbocycles. The Labute approximate surface area is 203 Å². The van der Waals surface area contributed by atoms with Crippen molar-refractivity contribution in [1.82, 2.24) is 4.90 Å². The molecule has 1 aliphatic carbocycles. The maximum atomic E-state index is 13.2. The number of imide groups is 1. The fourth-order valence-corrected chi connectivity index (χ4v) is 4.76. The van der Waals surface area contributed by atoms with Crippen LogP contribution in [-0.4, -0.2) is 40.6 Å². The van der Waals surface area contributed by atoms with Crippen LogP contribution in [0.25, 0.3) is 0 Å². The lowest BCUT2D eigenvalue weighted by Crippen LogP contribution is -2.35. The first-order valence-corrected chi connectivity index (χ1v) is 11.4. The summed E-state index contributed by atoms with van der Waals surface area (Å²) in [5.41, 5.74) is -2.15. The van der Waals surface area contributed by atoms with Crippen LogP contribution in [0.15, 0.2) is 42.5 Å². The Morgan fingerprint density at radius 2 is 1.67 bits per heavy atom. The Morgan fingerprint density at radius 1 is 1.03 bits per heavy atom. The van der Waals surface area contributed by atoms with Gasteiger partial charge in [0.05, 0.1) is 28.0 Å². The molecule has 1 heterocycles. The number of nitro benzene ring substituents is 1. The molecule has 0 spiro atoms. The molecule has 0 aromatic heterocycles. The number of hydrogen-bond donors (Lipinski definition) is 2. The van der Waals surface area contributed by atoms with Gasteiger partial charge in [-0.15, -0.1) is 0 Å². The van der Waals surface area contributed by atoms with Crippen LogP contribution in [0.4, 0.5) is 30.2 Å². The number of rotatable bonds is 7. The van der Waals surface area contributed by atoms with Crippen molar-refractivity contribution in [3.05, 3.63) is 63.7 Å². The van der Waals surface area contributed by atoms with E-state index in [0.29, 0.717) is 12.8 Å². The molecule has 0 unspecified atom stereocenters. The first-order chi connectivity index (χ1) is 17.1. The predicted molar refractivity (Wildman–Crippen MR) is 123 cm³/mol. The minimum Gasteiger partial charge on any atom is -0.378 e.